The van der Waals surface area contributed by atoms with Crippen LogP contribution in [0.1, 0.15) is 0 Å². The molecule has 0 heterocycles. The number of aromatic hydroxyl groups is 1. The maximum absolute atomic E-state index is 9.87. The largest absolute Gasteiger partial charge is 0.508 e. The van der Waals surface area contributed by atoms with E-state index in [1.54, 1.807) is 12.1 Å². The molecule has 3 rings (SSSR count). The highest BCUT2D eigenvalue weighted by Crippen LogP contribution is 2.28. The summed E-state index contributed by atoms with van der Waals surface area (Å²) in [6.07, 6.45) is 0. The first-order chi connectivity index (χ1) is 10.3. The van der Waals surface area contributed by atoms with E-state index < -0.39 is 0 Å². The minimum Gasteiger partial charge on any atom is -0.508 e. The van der Waals surface area contributed by atoms with Crippen molar-refractivity contribution >= 4 is 22.7 Å². The molecule has 3 heteroatoms. The molecule has 0 aliphatic heterocycles. The zero-order valence-corrected chi connectivity index (χ0v) is 11.5. The highest BCUT2D eigenvalue weighted by Gasteiger charge is 2.01. The van der Waals surface area contributed by atoms with Crippen LogP contribution in [0.25, 0.3) is 0 Å². The Morgan fingerprint density at radius 3 is 1.38 bits per heavy atom. The number of rotatable bonds is 4. The second-order valence-corrected chi connectivity index (χ2v) is 4.75. The number of hydrogen-bond acceptors (Lipinski definition) is 3. The van der Waals surface area contributed by atoms with E-state index in [-0.39, 0.29) is 5.75 Å². The molecule has 0 saturated carbocycles. The van der Waals surface area contributed by atoms with E-state index >= 15 is 0 Å². The second kappa shape index (κ2) is 6.01. The highest BCUT2D eigenvalue weighted by molar-refractivity contribution is 5.70. The van der Waals surface area contributed by atoms with Gasteiger partial charge in [0.15, 0.2) is 0 Å². The van der Waals surface area contributed by atoms with Crippen molar-refractivity contribution in [3.8, 4) is 5.75 Å². The highest BCUT2D eigenvalue weighted by atomic mass is 16.3. The second-order valence-electron chi connectivity index (χ2n) is 4.75. The van der Waals surface area contributed by atoms with Crippen molar-refractivity contribution in [2.45, 2.75) is 0 Å². The minimum absolute atomic E-state index is 0.217. The molecule has 0 bridgehead atoms. The fourth-order valence-corrected chi connectivity index (χ4v) is 2.13. The van der Waals surface area contributed by atoms with E-state index in [2.05, 4.69) is 10.6 Å². The fraction of sp³-hybridized carbons (Fsp3) is 0. The van der Waals surface area contributed by atoms with Gasteiger partial charge in [0.25, 0.3) is 0 Å². The SMILES string of the molecule is Oc1cc(Nc2ccccc2)cc(Nc2ccccc2)c1. The van der Waals surface area contributed by atoms with Gasteiger partial charge in [0, 0.05) is 34.9 Å². The lowest BCUT2D eigenvalue weighted by molar-refractivity contribution is 0.476. The Hall–Kier alpha value is -2.94. The Bertz CT molecular complexity index is 652. The first-order valence-electron chi connectivity index (χ1n) is 6.78. The number of para-hydroxylation sites is 2. The van der Waals surface area contributed by atoms with Crippen LogP contribution < -0.4 is 10.6 Å². The molecule has 0 radical (unpaired) electrons. The van der Waals surface area contributed by atoms with Crippen LogP contribution in [0.4, 0.5) is 22.7 Å². The minimum atomic E-state index is 0.217. The molecule has 0 spiro atoms. The molecule has 0 fully saturated rings. The first-order valence-corrected chi connectivity index (χ1v) is 6.78. The predicted molar refractivity (Wildman–Crippen MR) is 87.6 cm³/mol. The van der Waals surface area contributed by atoms with Gasteiger partial charge in [0.2, 0.25) is 0 Å². The van der Waals surface area contributed by atoms with Gasteiger partial charge < -0.3 is 15.7 Å². The monoisotopic (exact) mass is 276 g/mol. The lowest BCUT2D eigenvalue weighted by Crippen LogP contribution is -1.93. The number of benzene rings is 3. The summed E-state index contributed by atoms with van der Waals surface area (Å²) in [6, 6.07) is 25.1. The summed E-state index contributed by atoms with van der Waals surface area (Å²) in [7, 11) is 0. The van der Waals surface area contributed by atoms with Crippen molar-refractivity contribution in [3.05, 3.63) is 78.9 Å². The maximum Gasteiger partial charge on any atom is 0.119 e. The van der Waals surface area contributed by atoms with E-state index in [1.165, 1.54) is 0 Å². The Morgan fingerprint density at radius 1 is 0.524 bits per heavy atom. The topological polar surface area (TPSA) is 44.3 Å². The first kappa shape index (κ1) is 13.1. The molecular weight excluding hydrogens is 260 g/mol. The molecule has 0 unspecified atom stereocenters. The molecule has 3 N–H and O–H groups in total. The van der Waals surface area contributed by atoms with Gasteiger partial charge in [-0.3, -0.25) is 0 Å². The summed E-state index contributed by atoms with van der Waals surface area (Å²) in [4.78, 5) is 0. The lowest BCUT2D eigenvalue weighted by atomic mass is 10.2. The van der Waals surface area contributed by atoms with Crippen LogP contribution in [0.3, 0.4) is 0 Å². The summed E-state index contributed by atoms with van der Waals surface area (Å²) in [6.45, 7) is 0. The van der Waals surface area contributed by atoms with E-state index in [0.29, 0.717) is 0 Å². The number of phenols is 1. The third-order valence-corrected chi connectivity index (χ3v) is 3.04. The lowest BCUT2D eigenvalue weighted by Gasteiger charge is -2.11. The van der Waals surface area contributed by atoms with E-state index in [4.69, 9.17) is 0 Å². The fourth-order valence-electron chi connectivity index (χ4n) is 2.13. The summed E-state index contributed by atoms with van der Waals surface area (Å²) in [5.41, 5.74) is 3.63. The van der Waals surface area contributed by atoms with Crippen LogP contribution in [0.2, 0.25) is 0 Å². The van der Waals surface area contributed by atoms with Gasteiger partial charge in [-0.1, -0.05) is 36.4 Å². The molecule has 3 aromatic carbocycles. The van der Waals surface area contributed by atoms with Gasteiger partial charge in [-0.2, -0.15) is 0 Å². The van der Waals surface area contributed by atoms with Crippen LogP contribution in [0, 0.1) is 0 Å². The smallest absolute Gasteiger partial charge is 0.119 e. The quantitative estimate of drug-likeness (QED) is 0.636. The Labute approximate surface area is 123 Å². The zero-order chi connectivity index (χ0) is 14.5. The number of phenolic OH excluding ortho intramolecular Hbond substituents is 1. The maximum atomic E-state index is 9.87. The molecule has 0 aliphatic rings. The average Bonchev–Trinajstić information content (AvgIpc) is 2.48. The van der Waals surface area contributed by atoms with Crippen LogP contribution in [-0.2, 0) is 0 Å². The van der Waals surface area contributed by atoms with Crippen molar-refractivity contribution in [1.82, 2.24) is 0 Å². The van der Waals surface area contributed by atoms with Gasteiger partial charge in [-0.25, -0.2) is 0 Å². The normalized spacial score (nSPS) is 10.1. The van der Waals surface area contributed by atoms with Crippen LogP contribution in [0.15, 0.2) is 78.9 Å². The molecule has 3 nitrogen and oxygen atoms in total. The predicted octanol–water partition coefficient (Wildman–Crippen LogP) is 4.88. The van der Waals surface area contributed by atoms with Crippen LogP contribution >= 0.6 is 0 Å². The van der Waals surface area contributed by atoms with Crippen molar-refractivity contribution < 1.29 is 5.11 Å². The summed E-state index contributed by atoms with van der Waals surface area (Å²) < 4.78 is 0. The summed E-state index contributed by atoms with van der Waals surface area (Å²) in [5.74, 6) is 0.217. The Balaban J connectivity index is 1.83. The molecule has 0 aliphatic carbocycles. The molecular formula is C18H16N2O. The Morgan fingerprint density at radius 2 is 0.952 bits per heavy atom. The third-order valence-electron chi connectivity index (χ3n) is 3.04. The summed E-state index contributed by atoms with van der Waals surface area (Å²) >= 11 is 0. The van der Waals surface area contributed by atoms with Gasteiger partial charge >= 0.3 is 0 Å². The standard InChI is InChI=1S/C18H16N2O/c21-18-12-16(19-14-7-3-1-4-8-14)11-17(13-18)20-15-9-5-2-6-10-15/h1-13,19-21H. The molecule has 21 heavy (non-hydrogen) atoms. The number of nitrogens with one attached hydrogen (secondary N) is 2. The van der Waals surface area contributed by atoms with E-state index in [0.717, 1.165) is 22.7 Å². The van der Waals surface area contributed by atoms with Gasteiger partial charge in [0.1, 0.15) is 5.75 Å². The third kappa shape index (κ3) is 3.54. The van der Waals surface area contributed by atoms with Crippen molar-refractivity contribution in [3.63, 3.8) is 0 Å². The number of hydrogen-bond donors (Lipinski definition) is 3. The average molecular weight is 276 g/mol. The molecule has 0 amide bonds. The molecule has 104 valence electrons. The van der Waals surface area contributed by atoms with Crippen LogP contribution in [0.5, 0.6) is 5.75 Å². The molecule has 0 saturated heterocycles. The van der Waals surface area contributed by atoms with E-state index in [9.17, 15) is 5.11 Å². The zero-order valence-electron chi connectivity index (χ0n) is 11.5. The number of anilines is 4. The van der Waals surface area contributed by atoms with Crippen LogP contribution in [-0.4, -0.2) is 5.11 Å². The Kier molecular flexibility index (Phi) is 3.74. The van der Waals surface area contributed by atoms with E-state index in [1.807, 2.05) is 66.7 Å². The molecule has 3 aromatic rings. The van der Waals surface area contributed by atoms with Gasteiger partial charge in [-0.05, 0) is 30.3 Å². The van der Waals surface area contributed by atoms with Gasteiger partial charge in [0.05, 0.1) is 0 Å². The molecule has 0 aromatic heterocycles. The van der Waals surface area contributed by atoms with Crippen molar-refractivity contribution in [1.29, 1.82) is 0 Å². The van der Waals surface area contributed by atoms with Crippen molar-refractivity contribution in [2.75, 3.05) is 10.6 Å². The summed E-state index contributed by atoms with van der Waals surface area (Å²) in [5, 5.41) is 16.4. The molecule has 0 atom stereocenters. The van der Waals surface area contributed by atoms with Gasteiger partial charge in [-0.15, -0.1) is 0 Å². The van der Waals surface area contributed by atoms with Crippen molar-refractivity contribution in [2.24, 2.45) is 0 Å².